The number of rotatable bonds is 2. The molecule has 0 amide bonds. The molecule has 0 aromatic heterocycles. The number of benzene rings is 1. The monoisotopic (exact) mass is 370 g/mol. The third-order valence-corrected chi connectivity index (χ3v) is 5.76. The Morgan fingerprint density at radius 1 is 1.43 bits per heavy atom. The van der Waals surface area contributed by atoms with Crippen LogP contribution in [0.15, 0.2) is 24.3 Å². The largest absolute Gasteiger partial charge is 0.379 e. The Labute approximate surface area is 150 Å². The second-order valence-corrected chi connectivity index (χ2v) is 7.67. The zero-order chi connectivity index (χ0) is 16.4. The van der Waals surface area contributed by atoms with E-state index in [-0.39, 0.29) is 10.7 Å². The smallest absolute Gasteiger partial charge is 0.180 e. The Morgan fingerprint density at radius 3 is 2.87 bits per heavy atom. The molecule has 0 bridgehead atoms. The summed E-state index contributed by atoms with van der Waals surface area (Å²) in [5.74, 6) is 0.533. The number of nitrogens with zero attached hydrogens (tertiary/aromatic N) is 2. The minimum Gasteiger partial charge on any atom is -0.379 e. The van der Waals surface area contributed by atoms with E-state index < -0.39 is 0 Å². The molecule has 2 aliphatic rings. The molecule has 3 rings (SSSR count). The summed E-state index contributed by atoms with van der Waals surface area (Å²) in [5.41, 5.74) is 0.876. The Kier molecular flexibility index (Phi) is 5.43. The molecule has 0 aliphatic carbocycles. The molecule has 0 saturated carbocycles. The molecule has 2 saturated heterocycles. The summed E-state index contributed by atoms with van der Waals surface area (Å²) in [6.07, 6.45) is 0. The number of nitrogens with one attached hydrogen (secondary N) is 2. The molecule has 0 radical (unpaired) electrons. The van der Waals surface area contributed by atoms with Crippen molar-refractivity contribution < 1.29 is 4.74 Å². The van der Waals surface area contributed by atoms with E-state index >= 15 is 0 Å². The van der Waals surface area contributed by atoms with Crippen molar-refractivity contribution in [1.82, 2.24) is 9.80 Å². The van der Waals surface area contributed by atoms with Crippen LogP contribution in [0, 0.1) is 5.41 Å². The summed E-state index contributed by atoms with van der Waals surface area (Å²) in [6.45, 7) is 5.20. The zero-order valence-electron chi connectivity index (χ0n) is 12.8. The van der Waals surface area contributed by atoms with Crippen LogP contribution >= 0.6 is 35.6 Å². The minimum absolute atomic E-state index is 0.0422. The highest BCUT2D eigenvalue weighted by molar-refractivity contribution is 8.01. The fourth-order valence-electron chi connectivity index (χ4n) is 2.63. The van der Waals surface area contributed by atoms with Crippen LogP contribution in [0.25, 0.3) is 0 Å². The van der Waals surface area contributed by atoms with Gasteiger partial charge in [0.15, 0.2) is 5.11 Å². The van der Waals surface area contributed by atoms with Crippen LogP contribution in [0.5, 0.6) is 0 Å². The third-order valence-electron chi connectivity index (χ3n) is 3.84. The second-order valence-electron chi connectivity index (χ2n) is 5.45. The van der Waals surface area contributed by atoms with E-state index in [2.05, 4.69) is 10.2 Å². The third kappa shape index (κ3) is 3.80. The van der Waals surface area contributed by atoms with Crippen molar-refractivity contribution in [3.05, 3.63) is 29.3 Å². The maximum atomic E-state index is 8.39. The molecule has 124 valence electrons. The maximum absolute atomic E-state index is 8.39. The highest BCUT2D eigenvalue weighted by atomic mass is 35.5. The Morgan fingerprint density at radius 2 is 2.17 bits per heavy atom. The number of halogens is 1. The fraction of sp³-hybridized carbons (Fsp3) is 0.467. The molecule has 0 spiro atoms. The molecule has 2 fully saturated rings. The highest BCUT2D eigenvalue weighted by Gasteiger charge is 2.41. The number of amidine groups is 1. The lowest BCUT2D eigenvalue weighted by molar-refractivity contribution is 0.0212. The van der Waals surface area contributed by atoms with Crippen LogP contribution in [-0.2, 0) is 4.74 Å². The van der Waals surface area contributed by atoms with Crippen molar-refractivity contribution >= 4 is 52.2 Å². The number of thiocarbonyl (C=S) groups is 1. The van der Waals surface area contributed by atoms with Crippen molar-refractivity contribution in [1.29, 1.82) is 5.41 Å². The zero-order valence-corrected chi connectivity index (χ0v) is 15.2. The van der Waals surface area contributed by atoms with Crippen LogP contribution in [0.3, 0.4) is 0 Å². The van der Waals surface area contributed by atoms with Gasteiger partial charge in [0.05, 0.1) is 18.5 Å². The van der Waals surface area contributed by atoms with E-state index in [0.717, 1.165) is 32.0 Å². The summed E-state index contributed by atoms with van der Waals surface area (Å²) < 4.78 is 5.43. The van der Waals surface area contributed by atoms with Gasteiger partial charge in [-0.1, -0.05) is 17.7 Å². The van der Waals surface area contributed by atoms with Crippen molar-refractivity contribution in [2.45, 2.75) is 17.7 Å². The van der Waals surface area contributed by atoms with Gasteiger partial charge in [-0.05, 0) is 37.3 Å². The average Bonchev–Trinajstić information content (AvgIpc) is 2.84. The van der Waals surface area contributed by atoms with Gasteiger partial charge in [-0.2, -0.15) is 0 Å². The first kappa shape index (κ1) is 17.0. The molecule has 2 heterocycles. The number of ether oxygens (including phenoxy) is 1. The van der Waals surface area contributed by atoms with Gasteiger partial charge in [-0.25, -0.2) is 0 Å². The van der Waals surface area contributed by atoms with Crippen molar-refractivity contribution in [2.75, 3.05) is 31.6 Å². The Hall–Kier alpha value is -0.860. The normalized spacial score (nSPS) is 25.7. The molecule has 1 aromatic rings. The van der Waals surface area contributed by atoms with Crippen LogP contribution < -0.4 is 5.32 Å². The molecule has 2 aliphatic heterocycles. The molecule has 2 atom stereocenters. The van der Waals surface area contributed by atoms with Gasteiger partial charge in [-0.15, -0.1) is 11.8 Å². The number of hydrogen-bond acceptors (Lipinski definition) is 5. The first-order valence-electron chi connectivity index (χ1n) is 7.48. The lowest BCUT2D eigenvalue weighted by atomic mass is 10.3. The van der Waals surface area contributed by atoms with Crippen LogP contribution in [0.1, 0.15) is 6.92 Å². The Balaban J connectivity index is 1.76. The number of thioether (sulfide) groups is 1. The highest BCUT2D eigenvalue weighted by Crippen LogP contribution is 2.34. The first-order valence-corrected chi connectivity index (χ1v) is 9.20. The van der Waals surface area contributed by atoms with E-state index in [0.29, 0.717) is 16.0 Å². The van der Waals surface area contributed by atoms with Gasteiger partial charge in [0.25, 0.3) is 0 Å². The van der Waals surface area contributed by atoms with Gasteiger partial charge in [-0.3, -0.25) is 15.2 Å². The van der Waals surface area contributed by atoms with Gasteiger partial charge in [0, 0.05) is 23.8 Å². The van der Waals surface area contributed by atoms with E-state index in [1.165, 1.54) is 0 Å². The summed E-state index contributed by atoms with van der Waals surface area (Å²) in [6, 6.07) is 7.44. The van der Waals surface area contributed by atoms with Gasteiger partial charge in [0.2, 0.25) is 0 Å². The molecule has 8 heteroatoms. The summed E-state index contributed by atoms with van der Waals surface area (Å²) in [7, 11) is 0. The summed E-state index contributed by atoms with van der Waals surface area (Å²) in [4.78, 5) is 4.22. The van der Waals surface area contributed by atoms with Gasteiger partial charge >= 0.3 is 0 Å². The van der Waals surface area contributed by atoms with Gasteiger partial charge < -0.3 is 10.1 Å². The van der Waals surface area contributed by atoms with Gasteiger partial charge in [0.1, 0.15) is 11.3 Å². The SMILES string of the molecule is CC1SC(N2CCOCC2)N(C(=S)Nc2cccc(Cl)c2)C1=N. The fourth-order valence-corrected chi connectivity index (χ4v) is 4.53. The molecule has 1 aromatic carbocycles. The maximum Gasteiger partial charge on any atom is 0.180 e. The average molecular weight is 371 g/mol. The minimum atomic E-state index is 0.0422. The molecule has 2 unspecified atom stereocenters. The lowest BCUT2D eigenvalue weighted by Crippen LogP contribution is -2.52. The number of anilines is 1. The van der Waals surface area contributed by atoms with E-state index in [4.69, 9.17) is 34.0 Å². The predicted octanol–water partition coefficient (Wildman–Crippen LogP) is 3.07. The van der Waals surface area contributed by atoms with Crippen LogP contribution in [0.2, 0.25) is 5.02 Å². The van der Waals surface area contributed by atoms with Crippen LogP contribution in [0.4, 0.5) is 5.69 Å². The van der Waals surface area contributed by atoms with E-state index in [9.17, 15) is 0 Å². The molecule has 2 N–H and O–H groups in total. The van der Waals surface area contributed by atoms with E-state index in [1.54, 1.807) is 11.8 Å². The quantitative estimate of drug-likeness (QED) is 0.780. The van der Waals surface area contributed by atoms with Crippen molar-refractivity contribution in [3.63, 3.8) is 0 Å². The first-order chi connectivity index (χ1) is 11.1. The lowest BCUT2D eigenvalue weighted by Gasteiger charge is -2.37. The van der Waals surface area contributed by atoms with E-state index in [1.807, 2.05) is 36.1 Å². The van der Waals surface area contributed by atoms with Crippen molar-refractivity contribution in [2.24, 2.45) is 0 Å². The number of morpholine rings is 1. The summed E-state index contributed by atoms with van der Waals surface area (Å²) >= 11 is 13.3. The molecular weight excluding hydrogens is 352 g/mol. The standard InChI is InChI=1S/C15H19ClN4OS2/c1-10-13(17)20(15(23-10)19-5-7-21-8-6-19)14(22)18-12-4-2-3-11(16)9-12/h2-4,9-10,15,17H,5-8H2,1H3,(H,18,22). The van der Waals surface area contributed by atoms with Crippen molar-refractivity contribution in [3.8, 4) is 0 Å². The molecule has 5 nitrogen and oxygen atoms in total. The Bertz CT molecular complexity index is 609. The molecule has 23 heavy (non-hydrogen) atoms. The predicted molar refractivity (Wildman–Crippen MR) is 100 cm³/mol. The molecular formula is C15H19ClN4OS2. The number of hydrogen-bond donors (Lipinski definition) is 2. The second kappa shape index (κ2) is 7.36. The van der Waals surface area contributed by atoms with Crippen LogP contribution in [-0.4, -0.2) is 57.8 Å². The topological polar surface area (TPSA) is 51.6 Å². The summed E-state index contributed by atoms with van der Waals surface area (Å²) in [5, 5.41) is 12.9.